The topological polar surface area (TPSA) is 102 Å². The van der Waals surface area contributed by atoms with Crippen molar-refractivity contribution < 1.29 is 22.8 Å². The van der Waals surface area contributed by atoms with Crippen LogP contribution in [0.1, 0.15) is 51.0 Å². The lowest BCUT2D eigenvalue weighted by molar-refractivity contribution is -0.119. The van der Waals surface area contributed by atoms with Gasteiger partial charge >= 0.3 is 6.03 Å². The predicted molar refractivity (Wildman–Crippen MR) is 138 cm³/mol. The van der Waals surface area contributed by atoms with Crippen LogP contribution in [0.15, 0.2) is 24.4 Å². The Morgan fingerprint density at radius 1 is 1.05 bits per heavy atom. The van der Waals surface area contributed by atoms with Gasteiger partial charge in [-0.2, -0.15) is 0 Å². The molecular weight excluding hydrogens is 497 g/mol. The maximum Gasteiger partial charge on any atom is 0.317 e. The Morgan fingerprint density at radius 2 is 1.82 bits per heavy atom. The summed E-state index contributed by atoms with van der Waals surface area (Å²) in [6.45, 7) is 2.88. The summed E-state index contributed by atoms with van der Waals surface area (Å²) in [5, 5.41) is 9.20. The van der Waals surface area contributed by atoms with E-state index in [-0.39, 0.29) is 47.3 Å². The van der Waals surface area contributed by atoms with Crippen molar-refractivity contribution in [1.29, 1.82) is 0 Å². The van der Waals surface area contributed by atoms with Gasteiger partial charge in [-0.1, -0.05) is 0 Å². The number of aromatic nitrogens is 2. The van der Waals surface area contributed by atoms with Crippen LogP contribution in [0.4, 0.5) is 23.8 Å². The van der Waals surface area contributed by atoms with Crippen LogP contribution in [0, 0.1) is 17.5 Å². The van der Waals surface area contributed by atoms with Crippen molar-refractivity contribution in [3.05, 3.63) is 47.4 Å². The molecule has 3 aromatic rings. The normalized spacial score (nSPS) is 19.5. The number of likely N-dealkylation sites (tertiary alicyclic amines) is 1. The Bertz CT molecular complexity index is 1350. The molecule has 3 heterocycles. The van der Waals surface area contributed by atoms with E-state index in [4.69, 9.17) is 0 Å². The van der Waals surface area contributed by atoms with Crippen molar-refractivity contribution in [2.24, 2.45) is 0 Å². The lowest BCUT2D eigenvalue weighted by Gasteiger charge is -2.32. The molecule has 1 aliphatic carbocycles. The van der Waals surface area contributed by atoms with E-state index in [9.17, 15) is 18.4 Å². The number of benzene rings is 1. The molecule has 1 aliphatic heterocycles. The number of halogens is 3. The highest BCUT2D eigenvalue weighted by Gasteiger charge is 2.27. The third-order valence-corrected chi connectivity index (χ3v) is 7.28. The Kier molecular flexibility index (Phi) is 7.44. The summed E-state index contributed by atoms with van der Waals surface area (Å²) in [4.78, 5) is 33.3. The van der Waals surface area contributed by atoms with E-state index in [1.807, 2.05) is 4.90 Å². The summed E-state index contributed by atoms with van der Waals surface area (Å²) >= 11 is 0. The second-order valence-electron chi connectivity index (χ2n) is 10.1. The summed E-state index contributed by atoms with van der Waals surface area (Å²) in [5.74, 6) is -2.40. The van der Waals surface area contributed by atoms with Crippen molar-refractivity contribution in [1.82, 2.24) is 25.5 Å². The number of anilines is 1. The zero-order valence-corrected chi connectivity index (χ0v) is 21.2. The van der Waals surface area contributed by atoms with Gasteiger partial charge in [0.05, 0.1) is 11.2 Å². The zero-order chi connectivity index (χ0) is 26.8. The van der Waals surface area contributed by atoms with Crippen molar-refractivity contribution in [2.45, 2.75) is 64.1 Å². The molecule has 0 unspecified atom stereocenters. The number of H-pyrrole nitrogens is 1. The van der Waals surface area contributed by atoms with Crippen molar-refractivity contribution in [3.63, 3.8) is 0 Å². The lowest BCUT2D eigenvalue weighted by Crippen LogP contribution is -2.47. The number of pyridine rings is 1. The molecule has 3 amide bonds. The molecule has 2 aromatic heterocycles. The van der Waals surface area contributed by atoms with E-state index in [2.05, 4.69) is 25.9 Å². The number of nitrogens with zero attached hydrogens (tertiary/aromatic N) is 2. The second-order valence-corrected chi connectivity index (χ2v) is 10.1. The molecule has 0 spiro atoms. The van der Waals surface area contributed by atoms with Crippen LogP contribution in [0.3, 0.4) is 0 Å². The van der Waals surface area contributed by atoms with Gasteiger partial charge in [0.2, 0.25) is 5.91 Å². The van der Waals surface area contributed by atoms with E-state index in [1.165, 1.54) is 25.3 Å². The number of urea groups is 1. The van der Waals surface area contributed by atoms with Gasteiger partial charge in [-0.15, -0.1) is 0 Å². The predicted octanol–water partition coefficient (Wildman–Crippen LogP) is 4.81. The molecule has 38 heavy (non-hydrogen) atoms. The number of fused-ring (bicyclic) bond motifs is 1. The minimum atomic E-state index is -0.751. The van der Waals surface area contributed by atoms with Crippen LogP contribution in [0.5, 0.6) is 0 Å². The molecule has 8 nitrogen and oxygen atoms in total. The van der Waals surface area contributed by atoms with Crippen LogP contribution in [0.25, 0.3) is 22.2 Å². The molecule has 5 rings (SSSR count). The number of nitrogens with one attached hydrogen (secondary N) is 4. The van der Waals surface area contributed by atoms with Gasteiger partial charge in [-0.05, 0) is 50.7 Å². The Hall–Kier alpha value is -3.76. The largest absolute Gasteiger partial charge is 0.365 e. The summed E-state index contributed by atoms with van der Waals surface area (Å²) in [5.41, 5.74) is 1.17. The fourth-order valence-electron chi connectivity index (χ4n) is 5.40. The summed E-state index contributed by atoms with van der Waals surface area (Å²) in [6.07, 6.45) is 6.64. The number of carbonyl (C=O) groups excluding carboxylic acids is 2. The Balaban J connectivity index is 1.41. The molecule has 2 fully saturated rings. The van der Waals surface area contributed by atoms with E-state index in [1.54, 1.807) is 0 Å². The van der Waals surface area contributed by atoms with Crippen molar-refractivity contribution >= 4 is 28.7 Å². The molecular formula is C27H31F3N6O2. The average molecular weight is 529 g/mol. The van der Waals surface area contributed by atoms with Crippen molar-refractivity contribution in [2.75, 3.05) is 18.4 Å². The quantitative estimate of drug-likeness (QED) is 0.369. The minimum Gasteiger partial charge on any atom is -0.365 e. The highest BCUT2D eigenvalue weighted by Crippen LogP contribution is 2.34. The van der Waals surface area contributed by atoms with E-state index in [0.717, 1.165) is 51.3 Å². The fraction of sp³-hybridized carbons (Fsp3) is 0.444. The van der Waals surface area contributed by atoms with Gasteiger partial charge in [-0.25, -0.2) is 22.9 Å². The maximum atomic E-state index is 15.3. The smallest absolute Gasteiger partial charge is 0.317 e. The van der Waals surface area contributed by atoms with E-state index < -0.39 is 17.5 Å². The van der Waals surface area contributed by atoms with Crippen LogP contribution < -0.4 is 16.0 Å². The van der Waals surface area contributed by atoms with Gasteiger partial charge in [0.15, 0.2) is 11.6 Å². The number of rotatable bonds is 6. The second kappa shape index (κ2) is 10.9. The monoisotopic (exact) mass is 528 g/mol. The molecule has 1 aromatic carbocycles. The van der Waals surface area contributed by atoms with Crippen LogP contribution in [-0.4, -0.2) is 52.0 Å². The van der Waals surface area contributed by atoms with Gasteiger partial charge in [0.25, 0.3) is 0 Å². The zero-order valence-electron chi connectivity index (χ0n) is 21.2. The number of amides is 3. The number of aromatic amines is 1. The third kappa shape index (κ3) is 5.56. The van der Waals surface area contributed by atoms with Crippen LogP contribution in [0.2, 0.25) is 0 Å². The molecule has 4 N–H and O–H groups in total. The first-order valence-corrected chi connectivity index (χ1v) is 13.0. The fourth-order valence-corrected chi connectivity index (χ4v) is 5.40. The third-order valence-electron chi connectivity index (χ3n) is 7.28. The summed E-state index contributed by atoms with van der Waals surface area (Å²) in [7, 11) is 0. The molecule has 202 valence electrons. The highest BCUT2D eigenvalue weighted by molar-refractivity contribution is 5.96. The summed E-state index contributed by atoms with van der Waals surface area (Å²) < 4.78 is 43.7. The van der Waals surface area contributed by atoms with Gasteiger partial charge in [-0.3, -0.25) is 4.79 Å². The van der Waals surface area contributed by atoms with Crippen molar-refractivity contribution in [3.8, 4) is 11.3 Å². The lowest BCUT2D eigenvalue weighted by atomic mass is 9.91. The first kappa shape index (κ1) is 25.9. The molecule has 1 saturated carbocycles. The Labute approximate surface area is 218 Å². The maximum absolute atomic E-state index is 15.3. The number of hydrogen-bond acceptors (Lipinski definition) is 4. The van der Waals surface area contributed by atoms with Gasteiger partial charge in [0.1, 0.15) is 11.6 Å². The molecule has 0 radical (unpaired) electrons. The highest BCUT2D eigenvalue weighted by atomic mass is 19.1. The van der Waals surface area contributed by atoms with E-state index >= 15 is 4.39 Å². The SMILES string of the molecule is CC(=O)NCc1cc(F)c(N[C@@H]2CCC[C@@H](NC(=O)N3CCCC3)C2)nc1-c1c[nH]c2c(F)cc(F)cc12. The Morgan fingerprint density at radius 3 is 2.58 bits per heavy atom. The van der Waals surface area contributed by atoms with E-state index in [0.29, 0.717) is 23.2 Å². The molecule has 2 aliphatic rings. The molecule has 0 bridgehead atoms. The molecule has 1 saturated heterocycles. The van der Waals surface area contributed by atoms with Crippen LogP contribution >= 0.6 is 0 Å². The minimum absolute atomic E-state index is 0.00658. The first-order valence-electron chi connectivity index (χ1n) is 13.0. The molecule has 2 atom stereocenters. The average Bonchev–Trinajstić information content (AvgIpc) is 3.55. The number of carbonyl (C=O) groups is 2. The standard InChI is InChI=1S/C27H31F3N6O2/c1-15(37)31-13-16-9-23(30)26(35-24(16)21-14-32-25-20(21)10-17(28)11-22(25)29)33-18-5-4-6-19(12-18)34-27(38)36-7-2-3-8-36/h9-11,14,18-19,32H,2-8,12-13H2,1H3,(H,31,37)(H,33,35)(H,34,38)/t18-,19-/m1/s1. The molecule has 11 heteroatoms. The first-order chi connectivity index (χ1) is 18.3. The van der Waals surface area contributed by atoms with Gasteiger partial charge < -0.3 is 25.8 Å². The summed E-state index contributed by atoms with van der Waals surface area (Å²) in [6, 6.07) is 3.05. The number of hydrogen-bond donors (Lipinski definition) is 4. The van der Waals surface area contributed by atoms with Gasteiger partial charge in [0, 0.05) is 67.4 Å². The van der Waals surface area contributed by atoms with Crippen LogP contribution in [-0.2, 0) is 11.3 Å².